The molecule has 0 bridgehead atoms. The van der Waals surface area contributed by atoms with Crippen LogP contribution in [0.5, 0.6) is 0 Å². The molecule has 4 rings (SSSR count). The number of allylic oxidation sites excluding steroid dienone is 1. The fourth-order valence-corrected chi connectivity index (χ4v) is 3.07. The average molecular weight is 364 g/mol. The lowest BCUT2D eigenvalue weighted by Gasteiger charge is -2.18. The number of nitrogens with one attached hydrogen (secondary N) is 1. The zero-order valence-corrected chi connectivity index (χ0v) is 15.5. The molecule has 3 aromatic rings. The van der Waals surface area contributed by atoms with Crippen molar-refractivity contribution < 1.29 is 4.42 Å². The molecular formula is C20H24N6O. The standard InChI is InChI=1S/C20H24N6O/c1-12-9-17-19(23-11-24-20(17)27-12)25-13(2)14-5-7-16(8-6-14)26(22)10-18(21)15-3-4-15/h5-11,13,15H,3-4,21-22H2,1-2H3,(H,23,24,25)/b18-10-. The van der Waals surface area contributed by atoms with Crippen molar-refractivity contribution in [2.24, 2.45) is 17.5 Å². The van der Waals surface area contributed by atoms with Crippen LogP contribution < -0.4 is 21.9 Å². The first-order valence-electron chi connectivity index (χ1n) is 9.10. The average Bonchev–Trinajstić information content (AvgIpc) is 3.43. The van der Waals surface area contributed by atoms with E-state index in [0.717, 1.165) is 46.8 Å². The number of fused-ring (bicyclic) bond motifs is 1. The summed E-state index contributed by atoms with van der Waals surface area (Å²) in [4.78, 5) is 8.52. The molecule has 7 nitrogen and oxygen atoms in total. The lowest BCUT2D eigenvalue weighted by molar-refractivity contribution is 0.567. The van der Waals surface area contributed by atoms with Crippen LogP contribution in [0.4, 0.5) is 11.5 Å². The van der Waals surface area contributed by atoms with Crippen LogP contribution in [0.15, 0.2) is 53.0 Å². The summed E-state index contributed by atoms with van der Waals surface area (Å²) in [6.45, 7) is 3.98. The van der Waals surface area contributed by atoms with Gasteiger partial charge in [0.2, 0.25) is 5.71 Å². The predicted octanol–water partition coefficient (Wildman–Crippen LogP) is 3.59. The number of aromatic nitrogens is 2. The quantitative estimate of drug-likeness (QED) is 0.453. The monoisotopic (exact) mass is 364 g/mol. The second kappa shape index (κ2) is 6.92. The summed E-state index contributed by atoms with van der Waals surface area (Å²) in [6.07, 6.45) is 5.63. The van der Waals surface area contributed by atoms with Gasteiger partial charge in [-0.25, -0.2) is 15.8 Å². The van der Waals surface area contributed by atoms with Crippen LogP contribution in [0.1, 0.15) is 37.1 Å². The molecule has 0 aliphatic heterocycles. The van der Waals surface area contributed by atoms with Crippen LogP contribution in [-0.4, -0.2) is 9.97 Å². The van der Waals surface area contributed by atoms with Gasteiger partial charge in [0.25, 0.3) is 0 Å². The van der Waals surface area contributed by atoms with Crippen LogP contribution in [0.3, 0.4) is 0 Å². The number of nitrogens with zero attached hydrogens (tertiary/aromatic N) is 3. The Morgan fingerprint density at radius 1 is 1.30 bits per heavy atom. The Hall–Kier alpha value is -3.06. The van der Waals surface area contributed by atoms with Gasteiger partial charge in [-0.1, -0.05) is 12.1 Å². The molecular weight excluding hydrogens is 340 g/mol. The van der Waals surface area contributed by atoms with E-state index in [-0.39, 0.29) is 6.04 Å². The van der Waals surface area contributed by atoms with Gasteiger partial charge in [-0.05, 0) is 50.5 Å². The number of nitrogens with two attached hydrogens (primary N) is 2. The maximum absolute atomic E-state index is 6.11. The number of aryl methyl sites for hydroxylation is 1. The van der Waals surface area contributed by atoms with Crippen LogP contribution in [-0.2, 0) is 0 Å². The molecule has 0 amide bonds. The summed E-state index contributed by atoms with van der Waals surface area (Å²) in [5.74, 6) is 8.18. The van der Waals surface area contributed by atoms with Gasteiger partial charge in [0.15, 0.2) is 0 Å². The van der Waals surface area contributed by atoms with Crippen LogP contribution in [0.2, 0.25) is 0 Å². The number of rotatable bonds is 6. The Bertz CT molecular complexity index is 974. The first kappa shape index (κ1) is 17.4. The minimum Gasteiger partial charge on any atom is -0.443 e. The van der Waals surface area contributed by atoms with E-state index in [4.69, 9.17) is 16.0 Å². The van der Waals surface area contributed by atoms with Gasteiger partial charge in [0, 0.05) is 23.9 Å². The van der Waals surface area contributed by atoms with Crippen LogP contribution in [0, 0.1) is 12.8 Å². The van der Waals surface area contributed by atoms with Crippen LogP contribution in [0.25, 0.3) is 11.1 Å². The Kier molecular flexibility index (Phi) is 4.45. The minimum atomic E-state index is 0.0608. The number of furan rings is 1. The number of hydrazine groups is 1. The molecule has 0 saturated heterocycles. The van der Waals surface area contributed by atoms with Crippen LogP contribution >= 0.6 is 0 Å². The molecule has 1 aliphatic rings. The highest BCUT2D eigenvalue weighted by Gasteiger charge is 2.24. The number of hydrogen-bond acceptors (Lipinski definition) is 7. The number of benzene rings is 1. The molecule has 2 aromatic heterocycles. The third-order valence-corrected chi connectivity index (χ3v) is 4.83. The number of hydrogen-bond donors (Lipinski definition) is 3. The number of anilines is 2. The molecule has 2 heterocycles. The largest absolute Gasteiger partial charge is 0.443 e. The lowest BCUT2D eigenvalue weighted by atomic mass is 10.1. The minimum absolute atomic E-state index is 0.0608. The second-order valence-corrected chi connectivity index (χ2v) is 7.07. The summed E-state index contributed by atoms with van der Waals surface area (Å²) in [7, 11) is 0. The highest BCUT2D eigenvalue weighted by molar-refractivity contribution is 5.86. The molecule has 7 heteroatoms. The van der Waals surface area contributed by atoms with Gasteiger partial charge in [-0.2, -0.15) is 0 Å². The predicted molar refractivity (Wildman–Crippen MR) is 107 cm³/mol. The highest BCUT2D eigenvalue weighted by atomic mass is 16.3. The van der Waals surface area contributed by atoms with Crippen molar-refractivity contribution in [3.63, 3.8) is 0 Å². The van der Waals surface area contributed by atoms with Gasteiger partial charge in [-0.3, -0.25) is 5.01 Å². The summed E-state index contributed by atoms with van der Waals surface area (Å²) < 4.78 is 5.56. The van der Waals surface area contributed by atoms with E-state index in [1.54, 1.807) is 5.01 Å². The van der Waals surface area contributed by atoms with E-state index < -0.39 is 0 Å². The fraction of sp³-hybridized carbons (Fsp3) is 0.300. The molecule has 1 fully saturated rings. The third-order valence-electron chi connectivity index (χ3n) is 4.83. The lowest BCUT2D eigenvalue weighted by Crippen LogP contribution is -2.26. The zero-order chi connectivity index (χ0) is 19.0. The first-order valence-corrected chi connectivity index (χ1v) is 9.10. The van der Waals surface area contributed by atoms with Gasteiger partial charge >= 0.3 is 0 Å². The van der Waals surface area contributed by atoms with Crippen molar-refractivity contribution in [2.75, 3.05) is 10.3 Å². The van der Waals surface area contributed by atoms with E-state index in [9.17, 15) is 0 Å². The maximum atomic E-state index is 6.11. The highest BCUT2D eigenvalue weighted by Crippen LogP contribution is 2.34. The summed E-state index contributed by atoms with van der Waals surface area (Å²) >= 11 is 0. The zero-order valence-electron chi connectivity index (χ0n) is 15.5. The molecule has 0 spiro atoms. The van der Waals surface area contributed by atoms with Gasteiger partial charge < -0.3 is 15.5 Å². The Balaban J connectivity index is 1.48. The molecule has 1 aliphatic carbocycles. The topological polar surface area (TPSA) is 106 Å². The normalized spacial score (nSPS) is 15.7. The van der Waals surface area contributed by atoms with Crippen molar-refractivity contribution in [3.8, 4) is 0 Å². The molecule has 27 heavy (non-hydrogen) atoms. The SMILES string of the molecule is Cc1cc2c(NC(C)c3ccc(N(N)/C=C(\N)C4CC4)cc3)ncnc2o1. The van der Waals surface area contributed by atoms with E-state index in [0.29, 0.717) is 11.6 Å². The van der Waals surface area contributed by atoms with E-state index in [1.807, 2.05) is 43.5 Å². The smallest absolute Gasteiger partial charge is 0.231 e. The Labute approximate surface area is 158 Å². The summed E-state index contributed by atoms with van der Waals surface area (Å²) in [6, 6.07) is 10.1. The molecule has 1 saturated carbocycles. The molecule has 5 N–H and O–H groups in total. The van der Waals surface area contributed by atoms with Crippen molar-refractivity contribution >= 4 is 22.6 Å². The Morgan fingerprint density at radius 3 is 2.74 bits per heavy atom. The van der Waals surface area contributed by atoms with Crippen molar-refractivity contribution in [3.05, 3.63) is 59.9 Å². The third kappa shape index (κ3) is 3.73. The second-order valence-electron chi connectivity index (χ2n) is 7.07. The first-order chi connectivity index (χ1) is 13.0. The molecule has 1 atom stereocenters. The molecule has 1 aromatic carbocycles. The van der Waals surface area contributed by atoms with Crippen molar-refractivity contribution in [1.82, 2.24) is 9.97 Å². The van der Waals surface area contributed by atoms with Crippen molar-refractivity contribution in [2.45, 2.75) is 32.7 Å². The fourth-order valence-electron chi connectivity index (χ4n) is 3.07. The van der Waals surface area contributed by atoms with Gasteiger partial charge in [0.1, 0.15) is 17.9 Å². The molecule has 1 unspecified atom stereocenters. The van der Waals surface area contributed by atoms with Gasteiger partial charge in [0.05, 0.1) is 11.1 Å². The summed E-state index contributed by atoms with van der Waals surface area (Å²) in [5, 5.41) is 5.89. The maximum Gasteiger partial charge on any atom is 0.231 e. The van der Waals surface area contributed by atoms with E-state index in [2.05, 4.69) is 22.2 Å². The molecule has 0 radical (unpaired) electrons. The van der Waals surface area contributed by atoms with E-state index in [1.165, 1.54) is 6.33 Å². The summed E-state index contributed by atoms with van der Waals surface area (Å²) in [5.41, 5.74) is 9.49. The van der Waals surface area contributed by atoms with E-state index >= 15 is 0 Å². The van der Waals surface area contributed by atoms with Gasteiger partial charge in [-0.15, -0.1) is 0 Å². The van der Waals surface area contributed by atoms with Crippen molar-refractivity contribution in [1.29, 1.82) is 0 Å². The molecule has 140 valence electrons. The Morgan fingerprint density at radius 2 is 2.04 bits per heavy atom.